The molecule has 0 saturated carbocycles. The number of fused-ring (bicyclic) bond motifs is 1. The van der Waals surface area contributed by atoms with Crippen molar-refractivity contribution in [2.75, 3.05) is 10.6 Å². The highest BCUT2D eigenvalue weighted by molar-refractivity contribution is 6.00. The molecule has 3 atom stereocenters. The van der Waals surface area contributed by atoms with E-state index in [1.54, 1.807) is 25.1 Å². The van der Waals surface area contributed by atoms with Crippen LogP contribution in [-0.4, -0.2) is 30.1 Å². The second-order valence-corrected chi connectivity index (χ2v) is 7.52. The summed E-state index contributed by atoms with van der Waals surface area (Å²) in [6, 6.07) is 13.5. The SMILES string of the molecule is CC[C@H](C)[C@H](NC(=O)OCc1ccccc1)C(=O)Nc1ccc2c(c1)NC(=O)[C@@H](C)O2. The molecule has 0 saturated heterocycles. The summed E-state index contributed by atoms with van der Waals surface area (Å²) < 4.78 is 10.8. The van der Waals surface area contributed by atoms with Crippen molar-refractivity contribution in [1.82, 2.24) is 5.32 Å². The largest absolute Gasteiger partial charge is 0.479 e. The first kappa shape index (κ1) is 22.1. The summed E-state index contributed by atoms with van der Waals surface area (Å²) in [7, 11) is 0. The minimum Gasteiger partial charge on any atom is -0.479 e. The average molecular weight is 425 g/mol. The Morgan fingerprint density at radius 1 is 1.19 bits per heavy atom. The molecule has 3 N–H and O–H groups in total. The molecule has 1 heterocycles. The monoisotopic (exact) mass is 425 g/mol. The van der Waals surface area contributed by atoms with Crippen molar-refractivity contribution >= 4 is 29.3 Å². The third kappa shape index (κ3) is 5.75. The first-order valence-electron chi connectivity index (χ1n) is 10.3. The second kappa shape index (κ2) is 9.97. The fourth-order valence-corrected chi connectivity index (χ4v) is 3.10. The molecular formula is C23H27N3O5. The van der Waals surface area contributed by atoms with Crippen LogP contribution in [0.25, 0.3) is 0 Å². The number of carbonyl (C=O) groups is 3. The maximum absolute atomic E-state index is 12.9. The number of rotatable bonds is 7. The number of nitrogens with one attached hydrogen (secondary N) is 3. The summed E-state index contributed by atoms with van der Waals surface area (Å²) in [5.41, 5.74) is 1.82. The van der Waals surface area contributed by atoms with Gasteiger partial charge in [-0.3, -0.25) is 9.59 Å². The fraction of sp³-hybridized carbons (Fsp3) is 0.348. The molecule has 164 valence electrons. The Hall–Kier alpha value is -3.55. The van der Waals surface area contributed by atoms with E-state index in [0.29, 0.717) is 23.5 Å². The lowest BCUT2D eigenvalue weighted by Gasteiger charge is -2.25. The number of benzene rings is 2. The third-order valence-electron chi connectivity index (χ3n) is 5.16. The Morgan fingerprint density at radius 3 is 2.65 bits per heavy atom. The fourth-order valence-electron chi connectivity index (χ4n) is 3.10. The number of carbonyl (C=O) groups excluding carboxylic acids is 3. The van der Waals surface area contributed by atoms with Gasteiger partial charge < -0.3 is 25.4 Å². The van der Waals surface area contributed by atoms with Crippen molar-refractivity contribution in [3.05, 3.63) is 54.1 Å². The normalized spacial score (nSPS) is 16.7. The van der Waals surface area contributed by atoms with Crippen molar-refractivity contribution in [2.45, 2.75) is 45.9 Å². The van der Waals surface area contributed by atoms with Crippen LogP contribution in [0.15, 0.2) is 48.5 Å². The molecule has 2 aromatic rings. The molecule has 3 amide bonds. The molecule has 31 heavy (non-hydrogen) atoms. The zero-order chi connectivity index (χ0) is 22.4. The number of hydrogen-bond donors (Lipinski definition) is 3. The van der Waals surface area contributed by atoms with Gasteiger partial charge in [-0.05, 0) is 36.6 Å². The van der Waals surface area contributed by atoms with Crippen molar-refractivity contribution in [3.8, 4) is 5.75 Å². The lowest BCUT2D eigenvalue weighted by atomic mass is 9.98. The van der Waals surface area contributed by atoms with Gasteiger partial charge in [0.25, 0.3) is 5.91 Å². The zero-order valence-corrected chi connectivity index (χ0v) is 17.8. The van der Waals surface area contributed by atoms with E-state index in [4.69, 9.17) is 9.47 Å². The summed E-state index contributed by atoms with van der Waals surface area (Å²) in [4.78, 5) is 37.0. The van der Waals surface area contributed by atoms with Crippen LogP contribution in [-0.2, 0) is 20.9 Å². The second-order valence-electron chi connectivity index (χ2n) is 7.52. The zero-order valence-electron chi connectivity index (χ0n) is 17.8. The Kier molecular flexibility index (Phi) is 7.12. The highest BCUT2D eigenvalue weighted by Gasteiger charge is 2.28. The van der Waals surface area contributed by atoms with E-state index in [0.717, 1.165) is 5.56 Å². The molecule has 8 nitrogen and oxygen atoms in total. The molecule has 8 heteroatoms. The quantitative estimate of drug-likeness (QED) is 0.627. The Bertz CT molecular complexity index is 947. The Labute approximate surface area is 181 Å². The van der Waals surface area contributed by atoms with Crippen LogP contribution in [0.1, 0.15) is 32.8 Å². The van der Waals surface area contributed by atoms with Gasteiger partial charge in [0.1, 0.15) is 18.4 Å². The van der Waals surface area contributed by atoms with E-state index in [1.807, 2.05) is 44.2 Å². The minimum atomic E-state index is -0.782. The number of amides is 3. The maximum Gasteiger partial charge on any atom is 0.408 e. The van der Waals surface area contributed by atoms with E-state index < -0.39 is 18.2 Å². The highest BCUT2D eigenvalue weighted by Crippen LogP contribution is 2.32. The van der Waals surface area contributed by atoms with Gasteiger partial charge in [-0.2, -0.15) is 0 Å². The van der Waals surface area contributed by atoms with Crippen LogP contribution in [0.2, 0.25) is 0 Å². The molecular weight excluding hydrogens is 398 g/mol. The van der Waals surface area contributed by atoms with Gasteiger partial charge in [-0.15, -0.1) is 0 Å². The number of alkyl carbamates (subject to hydrolysis) is 1. The molecule has 0 fully saturated rings. The summed E-state index contributed by atoms with van der Waals surface area (Å²) in [6.45, 7) is 5.59. The lowest BCUT2D eigenvalue weighted by Crippen LogP contribution is -2.47. The van der Waals surface area contributed by atoms with E-state index >= 15 is 0 Å². The van der Waals surface area contributed by atoms with Crippen LogP contribution >= 0.6 is 0 Å². The topological polar surface area (TPSA) is 106 Å². The van der Waals surface area contributed by atoms with Crippen molar-refractivity contribution in [3.63, 3.8) is 0 Å². The van der Waals surface area contributed by atoms with Crippen LogP contribution in [0.5, 0.6) is 5.75 Å². The van der Waals surface area contributed by atoms with Crippen molar-refractivity contribution in [2.24, 2.45) is 5.92 Å². The molecule has 1 aliphatic rings. The van der Waals surface area contributed by atoms with E-state index in [-0.39, 0.29) is 24.3 Å². The standard InChI is InChI=1S/C23H27N3O5/c1-4-14(2)20(26-23(29)30-13-16-8-6-5-7-9-16)22(28)24-17-10-11-19-18(12-17)25-21(27)15(3)31-19/h5-12,14-15,20H,4,13H2,1-3H3,(H,24,28)(H,25,27)(H,26,29)/t14-,15+,20-/m0/s1. The van der Waals surface area contributed by atoms with Gasteiger partial charge in [0.05, 0.1) is 5.69 Å². The van der Waals surface area contributed by atoms with Crippen LogP contribution < -0.4 is 20.7 Å². The summed E-state index contributed by atoms with van der Waals surface area (Å²) in [5.74, 6) is -0.212. The predicted octanol–water partition coefficient (Wildman–Crippen LogP) is 3.69. The first-order valence-corrected chi connectivity index (χ1v) is 10.3. The molecule has 0 aliphatic carbocycles. The van der Waals surface area contributed by atoms with E-state index in [9.17, 15) is 14.4 Å². The average Bonchev–Trinajstić information content (AvgIpc) is 2.77. The summed E-state index contributed by atoms with van der Waals surface area (Å²) in [6.07, 6.45) is -0.554. The molecule has 1 aliphatic heterocycles. The van der Waals surface area contributed by atoms with Gasteiger partial charge in [-0.1, -0.05) is 50.6 Å². The Morgan fingerprint density at radius 2 is 1.94 bits per heavy atom. The number of hydrogen-bond acceptors (Lipinski definition) is 5. The summed E-state index contributed by atoms with van der Waals surface area (Å²) >= 11 is 0. The third-order valence-corrected chi connectivity index (χ3v) is 5.16. The van der Waals surface area contributed by atoms with Crippen LogP contribution in [0.4, 0.5) is 16.2 Å². The highest BCUT2D eigenvalue weighted by atomic mass is 16.5. The molecule has 0 unspecified atom stereocenters. The molecule has 0 bridgehead atoms. The predicted molar refractivity (Wildman–Crippen MR) is 117 cm³/mol. The van der Waals surface area contributed by atoms with Crippen molar-refractivity contribution < 1.29 is 23.9 Å². The van der Waals surface area contributed by atoms with Gasteiger partial charge in [0.2, 0.25) is 5.91 Å². The first-order chi connectivity index (χ1) is 14.9. The van der Waals surface area contributed by atoms with Gasteiger partial charge in [0, 0.05) is 5.69 Å². The van der Waals surface area contributed by atoms with Crippen LogP contribution in [0, 0.1) is 5.92 Å². The van der Waals surface area contributed by atoms with Crippen molar-refractivity contribution in [1.29, 1.82) is 0 Å². The summed E-state index contributed by atoms with van der Waals surface area (Å²) in [5, 5.41) is 8.21. The van der Waals surface area contributed by atoms with Gasteiger partial charge in [0.15, 0.2) is 6.10 Å². The lowest BCUT2D eigenvalue weighted by molar-refractivity contribution is -0.122. The molecule has 0 aromatic heterocycles. The molecule has 3 rings (SSSR count). The smallest absolute Gasteiger partial charge is 0.408 e. The molecule has 0 spiro atoms. The van der Waals surface area contributed by atoms with E-state index in [1.165, 1.54) is 0 Å². The molecule has 0 radical (unpaired) electrons. The van der Waals surface area contributed by atoms with Crippen LogP contribution in [0.3, 0.4) is 0 Å². The van der Waals surface area contributed by atoms with Gasteiger partial charge in [-0.25, -0.2) is 4.79 Å². The Balaban J connectivity index is 1.64. The maximum atomic E-state index is 12.9. The number of ether oxygens (including phenoxy) is 2. The van der Waals surface area contributed by atoms with E-state index in [2.05, 4.69) is 16.0 Å². The number of anilines is 2. The van der Waals surface area contributed by atoms with Gasteiger partial charge >= 0.3 is 6.09 Å². The molecule has 2 aromatic carbocycles. The minimum absolute atomic E-state index is 0.116.